The number of ether oxygens (including phenoxy) is 1. The van der Waals surface area contributed by atoms with E-state index in [1.54, 1.807) is 21.1 Å². The highest BCUT2D eigenvalue weighted by molar-refractivity contribution is 5.83. The molecule has 1 rings (SSSR count). The summed E-state index contributed by atoms with van der Waals surface area (Å²) in [6.07, 6.45) is 5.91. The monoisotopic (exact) mass is 307 g/mol. The smallest absolute Gasteiger partial charge is 0.253 e. The maximum Gasteiger partial charge on any atom is 0.253 e. The maximum atomic E-state index is 11.7. The average Bonchev–Trinajstić information content (AvgIpc) is 2.54. The lowest BCUT2D eigenvalue weighted by Crippen LogP contribution is -2.27. The number of likely N-dealkylation sites (N-methyl/N-ethyl adjacent to an activating group) is 1. The summed E-state index contributed by atoms with van der Waals surface area (Å²) in [7, 11) is 3.15. The molecule has 0 bridgehead atoms. The fourth-order valence-electron chi connectivity index (χ4n) is 1.65. The van der Waals surface area contributed by atoms with E-state index in [0.29, 0.717) is 0 Å². The summed E-state index contributed by atoms with van der Waals surface area (Å²) in [5.41, 5.74) is 1.91. The highest BCUT2D eigenvalue weighted by Gasteiger charge is 2.20. The number of methoxy groups -OCH3 is 1. The van der Waals surface area contributed by atoms with E-state index in [4.69, 9.17) is 4.74 Å². The van der Waals surface area contributed by atoms with Crippen LogP contribution in [0, 0.1) is 0 Å². The molecule has 0 heterocycles. The number of carbonyl (C=O) groups excluding carboxylic acids is 1. The first-order valence-electron chi connectivity index (χ1n) is 7.30. The minimum absolute atomic E-state index is 0.120. The van der Waals surface area contributed by atoms with Gasteiger partial charge in [0.1, 0.15) is 0 Å². The summed E-state index contributed by atoms with van der Waals surface area (Å²) in [6.45, 7) is 5.15. The summed E-state index contributed by atoms with van der Waals surface area (Å²) in [4.78, 5) is 11.7. The molecule has 0 fully saturated rings. The van der Waals surface area contributed by atoms with Crippen LogP contribution in [0.4, 0.5) is 4.39 Å². The number of nitrogens with one attached hydrogen (secondary N) is 1. The fraction of sp³-hybridized carbons (Fsp3) is 0.389. The van der Waals surface area contributed by atoms with Gasteiger partial charge in [0.25, 0.3) is 5.91 Å². The van der Waals surface area contributed by atoms with Crippen molar-refractivity contribution in [1.82, 2.24) is 5.32 Å². The Balaban J connectivity index is 0.000000763. The first-order chi connectivity index (χ1) is 10.5. The molecule has 0 radical (unpaired) electrons. The predicted molar refractivity (Wildman–Crippen MR) is 90.1 cm³/mol. The quantitative estimate of drug-likeness (QED) is 0.874. The predicted octanol–water partition coefficient (Wildman–Crippen LogP) is 4.42. The van der Waals surface area contributed by atoms with E-state index >= 15 is 0 Å². The van der Waals surface area contributed by atoms with Gasteiger partial charge in [-0.05, 0) is 31.4 Å². The van der Waals surface area contributed by atoms with Crippen LogP contribution in [-0.2, 0) is 9.53 Å². The molecular weight excluding hydrogens is 281 g/mol. The SMILES string of the molecule is C/C=C(\C)F.CC/C=C/c1ccccc1C(OC)C(=O)NC. The van der Waals surface area contributed by atoms with E-state index in [0.717, 1.165) is 17.5 Å². The molecule has 0 aliphatic heterocycles. The molecule has 0 aliphatic carbocycles. The number of allylic oxidation sites excluding steroid dienone is 3. The van der Waals surface area contributed by atoms with E-state index in [1.807, 2.05) is 30.3 Å². The molecule has 122 valence electrons. The number of carbonyl (C=O) groups is 1. The van der Waals surface area contributed by atoms with Crippen molar-refractivity contribution in [3.63, 3.8) is 0 Å². The number of hydrogen-bond donors (Lipinski definition) is 1. The Bertz CT molecular complexity index is 506. The van der Waals surface area contributed by atoms with Crippen molar-refractivity contribution in [2.75, 3.05) is 14.2 Å². The Hall–Kier alpha value is -1.94. The molecule has 0 aliphatic rings. The molecule has 22 heavy (non-hydrogen) atoms. The van der Waals surface area contributed by atoms with Crippen LogP contribution < -0.4 is 5.32 Å². The van der Waals surface area contributed by atoms with Gasteiger partial charge in [-0.25, -0.2) is 4.39 Å². The molecule has 0 aromatic heterocycles. The Morgan fingerprint density at radius 2 is 2.00 bits per heavy atom. The average molecular weight is 307 g/mol. The van der Waals surface area contributed by atoms with E-state index in [-0.39, 0.29) is 11.7 Å². The summed E-state index contributed by atoms with van der Waals surface area (Å²) < 4.78 is 16.6. The molecule has 4 heteroatoms. The number of benzene rings is 1. The molecule has 1 N–H and O–H groups in total. The largest absolute Gasteiger partial charge is 0.367 e. The number of rotatable bonds is 5. The van der Waals surface area contributed by atoms with E-state index in [9.17, 15) is 9.18 Å². The van der Waals surface area contributed by atoms with Gasteiger partial charge < -0.3 is 10.1 Å². The van der Waals surface area contributed by atoms with E-state index < -0.39 is 6.10 Å². The summed E-state index contributed by atoms with van der Waals surface area (Å²) >= 11 is 0. The van der Waals surface area contributed by atoms with Crippen molar-refractivity contribution in [2.45, 2.75) is 33.3 Å². The van der Waals surface area contributed by atoms with Gasteiger partial charge in [-0.15, -0.1) is 0 Å². The molecule has 1 atom stereocenters. The van der Waals surface area contributed by atoms with Crippen molar-refractivity contribution >= 4 is 12.0 Å². The molecule has 0 spiro atoms. The third kappa shape index (κ3) is 7.18. The fourth-order valence-corrected chi connectivity index (χ4v) is 1.65. The molecule has 3 nitrogen and oxygen atoms in total. The van der Waals surface area contributed by atoms with Gasteiger partial charge in [0.15, 0.2) is 6.10 Å². The van der Waals surface area contributed by atoms with Crippen molar-refractivity contribution < 1.29 is 13.9 Å². The molecule has 1 aromatic carbocycles. The van der Waals surface area contributed by atoms with Crippen LogP contribution in [0.15, 0.2) is 42.2 Å². The maximum absolute atomic E-state index is 11.7. The first kappa shape index (κ1) is 20.1. The Morgan fingerprint density at radius 3 is 2.45 bits per heavy atom. The minimum atomic E-state index is -0.558. The van der Waals surface area contributed by atoms with Crippen molar-refractivity contribution in [1.29, 1.82) is 0 Å². The second-order valence-electron chi connectivity index (χ2n) is 4.54. The number of amides is 1. The van der Waals surface area contributed by atoms with Crippen LogP contribution in [0.5, 0.6) is 0 Å². The van der Waals surface area contributed by atoms with Gasteiger partial charge in [0.05, 0.1) is 5.83 Å². The Kier molecular flexibility index (Phi) is 10.7. The molecule has 1 amide bonds. The van der Waals surface area contributed by atoms with Crippen LogP contribution in [-0.4, -0.2) is 20.1 Å². The van der Waals surface area contributed by atoms with Gasteiger partial charge in [-0.3, -0.25) is 4.79 Å². The summed E-state index contributed by atoms with van der Waals surface area (Å²) in [6, 6.07) is 7.76. The summed E-state index contributed by atoms with van der Waals surface area (Å²) in [5, 5.41) is 2.61. The highest BCUT2D eigenvalue weighted by atomic mass is 19.1. The minimum Gasteiger partial charge on any atom is -0.367 e. The topological polar surface area (TPSA) is 38.3 Å². The lowest BCUT2D eigenvalue weighted by Gasteiger charge is -2.16. The van der Waals surface area contributed by atoms with Gasteiger partial charge in [0.2, 0.25) is 0 Å². The Morgan fingerprint density at radius 1 is 1.41 bits per heavy atom. The highest BCUT2D eigenvalue weighted by Crippen LogP contribution is 2.22. The van der Waals surface area contributed by atoms with Gasteiger partial charge >= 0.3 is 0 Å². The number of halogens is 1. The van der Waals surface area contributed by atoms with Crippen LogP contribution in [0.3, 0.4) is 0 Å². The van der Waals surface area contributed by atoms with Gasteiger partial charge in [-0.2, -0.15) is 0 Å². The van der Waals surface area contributed by atoms with E-state index in [2.05, 4.69) is 18.3 Å². The normalized spacial score (nSPS) is 12.5. The third-order valence-corrected chi connectivity index (χ3v) is 2.93. The van der Waals surface area contributed by atoms with Crippen LogP contribution in [0.2, 0.25) is 0 Å². The van der Waals surface area contributed by atoms with Crippen LogP contribution in [0.1, 0.15) is 44.4 Å². The molecule has 1 unspecified atom stereocenters. The van der Waals surface area contributed by atoms with Gasteiger partial charge in [-0.1, -0.05) is 49.4 Å². The standard InChI is InChI=1S/C14H19NO2.C4H7F/c1-4-5-8-11-9-6-7-10-12(11)13(17-3)14(16)15-2;1-3-4(2)5/h5-10,13H,4H2,1-3H3,(H,15,16);3H,1-2H3/b8-5+;4-3+. The lowest BCUT2D eigenvalue weighted by atomic mass is 10.0. The van der Waals surface area contributed by atoms with E-state index in [1.165, 1.54) is 13.0 Å². The third-order valence-electron chi connectivity index (χ3n) is 2.93. The van der Waals surface area contributed by atoms with Crippen LogP contribution >= 0.6 is 0 Å². The van der Waals surface area contributed by atoms with Crippen molar-refractivity contribution in [3.05, 3.63) is 53.4 Å². The second kappa shape index (κ2) is 11.7. The first-order valence-corrected chi connectivity index (χ1v) is 7.30. The molecule has 0 saturated heterocycles. The second-order valence-corrected chi connectivity index (χ2v) is 4.54. The molecular formula is C18H26FNO2. The lowest BCUT2D eigenvalue weighted by molar-refractivity contribution is -0.130. The zero-order chi connectivity index (χ0) is 17.0. The summed E-state index contributed by atoms with van der Waals surface area (Å²) in [5.74, 6) is -0.255. The van der Waals surface area contributed by atoms with Crippen molar-refractivity contribution in [2.24, 2.45) is 0 Å². The van der Waals surface area contributed by atoms with Crippen LogP contribution in [0.25, 0.3) is 6.08 Å². The molecule has 0 saturated carbocycles. The zero-order valence-corrected chi connectivity index (χ0v) is 14.0. The number of hydrogen-bond acceptors (Lipinski definition) is 2. The molecule has 1 aromatic rings. The zero-order valence-electron chi connectivity index (χ0n) is 14.0. The van der Waals surface area contributed by atoms with Crippen molar-refractivity contribution in [3.8, 4) is 0 Å². The van der Waals surface area contributed by atoms with Gasteiger partial charge in [0, 0.05) is 14.2 Å². The Labute approximate surface area is 132 Å².